The number of fused-ring (bicyclic) bond motifs is 3. The minimum absolute atomic E-state index is 0.243. The van der Waals surface area contributed by atoms with Crippen molar-refractivity contribution in [1.29, 1.82) is 0 Å². The lowest BCUT2D eigenvalue weighted by Crippen LogP contribution is -2.33. The molecule has 0 atom stereocenters. The van der Waals surface area contributed by atoms with Crippen LogP contribution in [0.4, 0.5) is 0 Å². The van der Waals surface area contributed by atoms with Crippen molar-refractivity contribution in [2.45, 2.75) is 39.2 Å². The summed E-state index contributed by atoms with van der Waals surface area (Å²) in [6.07, 6.45) is 1.40. The van der Waals surface area contributed by atoms with Crippen molar-refractivity contribution in [3.05, 3.63) is 35.4 Å². The molecule has 126 valence electrons. The largest absolute Gasteiger partial charge is 0.487 e. The van der Waals surface area contributed by atoms with E-state index in [2.05, 4.69) is 0 Å². The Morgan fingerprint density at radius 2 is 1.83 bits per heavy atom. The highest BCUT2D eigenvalue weighted by Gasteiger charge is 2.34. The molecule has 1 heterocycles. The molecule has 2 aromatic rings. The van der Waals surface area contributed by atoms with Gasteiger partial charge in [0.25, 0.3) is 0 Å². The minimum Gasteiger partial charge on any atom is -0.487 e. The maximum atomic E-state index is 12.4. The summed E-state index contributed by atoms with van der Waals surface area (Å²) in [5.41, 5.74) is 0.680. The van der Waals surface area contributed by atoms with Gasteiger partial charge in [0.1, 0.15) is 16.9 Å². The van der Waals surface area contributed by atoms with E-state index >= 15 is 0 Å². The number of methoxy groups -OCH3 is 1. The predicted octanol–water partition coefficient (Wildman–Crippen LogP) is 3.66. The quantitative estimate of drug-likeness (QED) is 0.622. The highest BCUT2D eigenvalue weighted by Crippen LogP contribution is 2.46. The summed E-state index contributed by atoms with van der Waals surface area (Å²) < 4.78 is 16.5. The number of ether oxygens (including phenoxy) is 3. The zero-order valence-corrected chi connectivity index (χ0v) is 14.3. The monoisotopic (exact) mass is 328 g/mol. The molecule has 0 bridgehead atoms. The van der Waals surface area contributed by atoms with Crippen LogP contribution in [0, 0.1) is 0 Å². The SMILES string of the molecule is COC(=O)c1c2c(c3ccccc3c1OC(C)=O)OC(C)(C)CC2. The topological polar surface area (TPSA) is 61.8 Å². The van der Waals surface area contributed by atoms with Crippen molar-refractivity contribution in [3.63, 3.8) is 0 Å². The summed E-state index contributed by atoms with van der Waals surface area (Å²) in [5.74, 6) is -0.107. The van der Waals surface area contributed by atoms with Crippen LogP contribution in [0.1, 0.15) is 43.1 Å². The van der Waals surface area contributed by atoms with E-state index in [1.807, 2.05) is 38.1 Å². The van der Waals surface area contributed by atoms with Gasteiger partial charge >= 0.3 is 11.9 Å². The minimum atomic E-state index is -0.531. The first kappa shape index (κ1) is 16.3. The van der Waals surface area contributed by atoms with Crippen LogP contribution < -0.4 is 9.47 Å². The third kappa shape index (κ3) is 2.70. The van der Waals surface area contributed by atoms with Crippen molar-refractivity contribution in [2.24, 2.45) is 0 Å². The van der Waals surface area contributed by atoms with Gasteiger partial charge in [0, 0.05) is 23.3 Å². The van der Waals surface area contributed by atoms with E-state index in [9.17, 15) is 9.59 Å². The number of carbonyl (C=O) groups excluding carboxylic acids is 2. The first-order valence-electron chi connectivity index (χ1n) is 7.87. The molecule has 0 spiro atoms. The van der Waals surface area contributed by atoms with E-state index in [0.717, 1.165) is 17.4 Å². The number of carbonyl (C=O) groups is 2. The molecule has 3 rings (SSSR count). The molecule has 0 amide bonds. The molecule has 0 unspecified atom stereocenters. The first-order chi connectivity index (χ1) is 11.3. The van der Waals surface area contributed by atoms with Gasteiger partial charge in [-0.15, -0.1) is 0 Å². The normalized spacial score (nSPS) is 15.3. The maximum Gasteiger partial charge on any atom is 0.342 e. The lowest BCUT2D eigenvalue weighted by molar-refractivity contribution is -0.131. The molecule has 5 heteroatoms. The Hall–Kier alpha value is -2.56. The Labute approximate surface area is 140 Å². The first-order valence-corrected chi connectivity index (χ1v) is 7.87. The Morgan fingerprint density at radius 3 is 2.46 bits per heavy atom. The molecule has 0 radical (unpaired) electrons. The number of benzene rings is 2. The summed E-state index contributed by atoms with van der Waals surface area (Å²) >= 11 is 0. The Morgan fingerprint density at radius 1 is 1.17 bits per heavy atom. The van der Waals surface area contributed by atoms with Gasteiger partial charge < -0.3 is 14.2 Å². The standard InChI is InChI=1S/C19H20O5/c1-11(20)23-17-13-8-6-5-7-12(13)16-14(15(17)18(21)22-4)9-10-19(2,3)24-16/h5-8H,9-10H2,1-4H3. The van der Waals surface area contributed by atoms with Gasteiger partial charge in [-0.05, 0) is 26.7 Å². The molecular formula is C19H20O5. The van der Waals surface area contributed by atoms with Gasteiger partial charge in [-0.1, -0.05) is 24.3 Å². The fourth-order valence-electron chi connectivity index (χ4n) is 3.10. The second kappa shape index (κ2) is 5.82. The Kier molecular flexibility index (Phi) is 3.95. The van der Waals surface area contributed by atoms with E-state index in [1.165, 1.54) is 14.0 Å². The third-order valence-electron chi connectivity index (χ3n) is 4.21. The predicted molar refractivity (Wildman–Crippen MR) is 89.6 cm³/mol. The van der Waals surface area contributed by atoms with Crippen LogP contribution in [0.3, 0.4) is 0 Å². The molecule has 0 fully saturated rings. The molecule has 1 aliphatic rings. The third-order valence-corrected chi connectivity index (χ3v) is 4.21. The molecule has 2 aromatic carbocycles. The molecule has 0 aromatic heterocycles. The van der Waals surface area contributed by atoms with Gasteiger partial charge in [-0.25, -0.2) is 4.79 Å². The molecular weight excluding hydrogens is 308 g/mol. The van der Waals surface area contributed by atoms with Crippen LogP contribution >= 0.6 is 0 Å². The summed E-state index contributed by atoms with van der Waals surface area (Å²) in [7, 11) is 1.31. The summed E-state index contributed by atoms with van der Waals surface area (Å²) in [4.78, 5) is 24.0. The average Bonchev–Trinajstić information content (AvgIpc) is 2.54. The van der Waals surface area contributed by atoms with Crippen molar-refractivity contribution in [1.82, 2.24) is 0 Å². The highest BCUT2D eigenvalue weighted by molar-refractivity contribution is 6.07. The lowest BCUT2D eigenvalue weighted by atomic mass is 9.88. The molecule has 0 N–H and O–H groups in total. The second-order valence-corrected chi connectivity index (χ2v) is 6.50. The number of hydrogen-bond donors (Lipinski definition) is 0. The average molecular weight is 328 g/mol. The summed E-state index contributed by atoms with van der Waals surface area (Å²) in [6, 6.07) is 7.44. The zero-order chi connectivity index (χ0) is 17.5. The fourth-order valence-corrected chi connectivity index (χ4v) is 3.10. The van der Waals surface area contributed by atoms with Crippen LogP contribution in [0.2, 0.25) is 0 Å². The summed E-state index contributed by atoms with van der Waals surface area (Å²) in [6.45, 7) is 5.35. The molecule has 0 saturated heterocycles. The van der Waals surface area contributed by atoms with Gasteiger partial charge in [-0.2, -0.15) is 0 Å². The second-order valence-electron chi connectivity index (χ2n) is 6.50. The summed E-state index contributed by atoms with van der Waals surface area (Å²) in [5, 5.41) is 1.48. The van der Waals surface area contributed by atoms with Crippen molar-refractivity contribution < 1.29 is 23.8 Å². The smallest absolute Gasteiger partial charge is 0.342 e. The van der Waals surface area contributed by atoms with E-state index in [1.54, 1.807) is 0 Å². The molecule has 1 aliphatic heterocycles. The van der Waals surface area contributed by atoms with E-state index in [4.69, 9.17) is 14.2 Å². The van der Waals surface area contributed by atoms with Gasteiger partial charge in [0.2, 0.25) is 0 Å². The number of hydrogen-bond acceptors (Lipinski definition) is 5. The Bertz CT molecular complexity index is 835. The number of rotatable bonds is 2. The maximum absolute atomic E-state index is 12.4. The highest BCUT2D eigenvalue weighted by atomic mass is 16.5. The van der Waals surface area contributed by atoms with E-state index in [0.29, 0.717) is 17.6 Å². The zero-order valence-electron chi connectivity index (χ0n) is 14.3. The fraction of sp³-hybridized carbons (Fsp3) is 0.368. The van der Waals surface area contributed by atoms with E-state index < -0.39 is 11.9 Å². The van der Waals surface area contributed by atoms with Crippen LogP contribution in [-0.4, -0.2) is 24.6 Å². The van der Waals surface area contributed by atoms with Gasteiger partial charge in [0.15, 0.2) is 5.75 Å². The van der Waals surface area contributed by atoms with Crippen LogP contribution in [0.5, 0.6) is 11.5 Å². The van der Waals surface area contributed by atoms with E-state index in [-0.39, 0.29) is 16.9 Å². The van der Waals surface area contributed by atoms with Gasteiger partial charge in [0.05, 0.1) is 7.11 Å². The van der Waals surface area contributed by atoms with Crippen LogP contribution in [-0.2, 0) is 16.0 Å². The number of esters is 2. The molecule has 0 saturated carbocycles. The van der Waals surface area contributed by atoms with Crippen LogP contribution in [0.25, 0.3) is 10.8 Å². The van der Waals surface area contributed by atoms with Crippen LogP contribution in [0.15, 0.2) is 24.3 Å². The Balaban J connectivity index is 2.40. The molecule has 24 heavy (non-hydrogen) atoms. The lowest BCUT2D eigenvalue weighted by Gasteiger charge is -2.34. The van der Waals surface area contributed by atoms with Crippen molar-refractivity contribution in [2.75, 3.05) is 7.11 Å². The van der Waals surface area contributed by atoms with Crippen molar-refractivity contribution >= 4 is 22.7 Å². The molecule has 0 aliphatic carbocycles. The molecule has 5 nitrogen and oxygen atoms in total. The van der Waals surface area contributed by atoms with Crippen molar-refractivity contribution in [3.8, 4) is 11.5 Å². The van der Waals surface area contributed by atoms with Gasteiger partial charge in [-0.3, -0.25) is 4.79 Å².